The standard InChI is InChI=1S/C18H24ClN3O3/c1-2-21(11-17(23)24)15-9-14(10-15)20-18(25)22-8-7-16(22)12-3-5-13(19)6-4-12/h3-6,14-16H,2,7-11H2,1H3,(H,20,25)(H,23,24). The number of hydrogen-bond donors (Lipinski definition) is 2. The van der Waals surface area contributed by atoms with Gasteiger partial charge < -0.3 is 15.3 Å². The topological polar surface area (TPSA) is 72.9 Å². The number of carbonyl (C=O) groups is 2. The lowest BCUT2D eigenvalue weighted by Crippen LogP contribution is -2.58. The highest BCUT2D eigenvalue weighted by Crippen LogP contribution is 2.34. The van der Waals surface area contributed by atoms with E-state index in [0.717, 1.165) is 31.4 Å². The molecule has 1 saturated heterocycles. The van der Waals surface area contributed by atoms with Gasteiger partial charge in [-0.05, 0) is 43.5 Å². The molecule has 0 aromatic heterocycles. The van der Waals surface area contributed by atoms with Crippen LogP contribution in [0.3, 0.4) is 0 Å². The Labute approximate surface area is 152 Å². The number of likely N-dealkylation sites (tertiary alicyclic amines) is 1. The summed E-state index contributed by atoms with van der Waals surface area (Å²) in [5.41, 5.74) is 1.11. The highest BCUT2D eigenvalue weighted by Gasteiger charge is 2.38. The molecular formula is C18H24ClN3O3. The normalized spacial score (nSPS) is 25.2. The summed E-state index contributed by atoms with van der Waals surface area (Å²) in [6.07, 6.45) is 2.59. The number of amides is 2. The molecule has 7 heteroatoms. The third-order valence-corrected chi connectivity index (χ3v) is 5.49. The quantitative estimate of drug-likeness (QED) is 0.813. The number of carbonyl (C=O) groups excluding carboxylic acids is 1. The van der Waals surface area contributed by atoms with E-state index in [1.807, 2.05) is 41.0 Å². The van der Waals surface area contributed by atoms with E-state index in [2.05, 4.69) is 5.32 Å². The molecule has 6 nitrogen and oxygen atoms in total. The van der Waals surface area contributed by atoms with Gasteiger partial charge in [0, 0.05) is 23.7 Å². The number of urea groups is 1. The zero-order valence-electron chi connectivity index (χ0n) is 14.3. The third-order valence-electron chi connectivity index (χ3n) is 5.24. The SMILES string of the molecule is CCN(CC(=O)O)C1CC(NC(=O)N2CCC2c2ccc(Cl)cc2)C1. The molecule has 0 spiro atoms. The fourth-order valence-corrected chi connectivity index (χ4v) is 3.72. The Morgan fingerprint density at radius 2 is 2.00 bits per heavy atom. The molecule has 2 N–H and O–H groups in total. The summed E-state index contributed by atoms with van der Waals surface area (Å²) >= 11 is 5.92. The number of aliphatic carboxylic acids is 1. The van der Waals surface area contributed by atoms with Crippen LogP contribution in [-0.4, -0.2) is 58.6 Å². The zero-order valence-corrected chi connectivity index (χ0v) is 15.1. The number of nitrogens with zero attached hydrogens (tertiary/aromatic N) is 2. The summed E-state index contributed by atoms with van der Waals surface area (Å²) in [4.78, 5) is 27.2. The second kappa shape index (κ2) is 7.62. The zero-order chi connectivity index (χ0) is 18.0. The fraction of sp³-hybridized carbons (Fsp3) is 0.556. The number of carboxylic acid groups (broad SMARTS) is 1. The van der Waals surface area contributed by atoms with Crippen LogP contribution in [-0.2, 0) is 4.79 Å². The molecule has 1 aromatic rings. The van der Waals surface area contributed by atoms with E-state index in [9.17, 15) is 9.59 Å². The van der Waals surface area contributed by atoms with Gasteiger partial charge >= 0.3 is 12.0 Å². The Hall–Kier alpha value is -1.79. The number of rotatable bonds is 6. The van der Waals surface area contributed by atoms with Crippen LogP contribution in [0.4, 0.5) is 4.79 Å². The molecule has 0 bridgehead atoms. The first-order chi connectivity index (χ1) is 12.0. The van der Waals surface area contributed by atoms with Crippen molar-refractivity contribution in [2.45, 2.75) is 44.3 Å². The van der Waals surface area contributed by atoms with E-state index < -0.39 is 5.97 Å². The van der Waals surface area contributed by atoms with E-state index in [1.54, 1.807) is 0 Å². The molecule has 136 valence electrons. The summed E-state index contributed by atoms with van der Waals surface area (Å²) in [5.74, 6) is -0.805. The first-order valence-corrected chi connectivity index (χ1v) is 9.14. The molecule has 0 radical (unpaired) electrons. The second-order valence-electron chi connectivity index (χ2n) is 6.78. The van der Waals surface area contributed by atoms with Crippen molar-refractivity contribution >= 4 is 23.6 Å². The van der Waals surface area contributed by atoms with Gasteiger partial charge in [0.15, 0.2) is 0 Å². The number of carboxylic acids is 1. The number of hydrogen-bond acceptors (Lipinski definition) is 3. The smallest absolute Gasteiger partial charge is 0.318 e. The summed E-state index contributed by atoms with van der Waals surface area (Å²) in [6, 6.07) is 8.10. The van der Waals surface area contributed by atoms with Crippen LogP contribution in [0, 0.1) is 0 Å². The lowest BCUT2D eigenvalue weighted by Gasteiger charge is -2.46. The molecule has 1 saturated carbocycles. The van der Waals surface area contributed by atoms with Crippen molar-refractivity contribution in [3.8, 4) is 0 Å². The number of halogens is 1. The molecule has 1 aromatic carbocycles. The average Bonchev–Trinajstić information content (AvgIpc) is 2.49. The lowest BCUT2D eigenvalue weighted by molar-refractivity contribution is -0.139. The Kier molecular flexibility index (Phi) is 5.49. The van der Waals surface area contributed by atoms with Gasteiger partial charge in [0.05, 0.1) is 12.6 Å². The summed E-state index contributed by atoms with van der Waals surface area (Å²) < 4.78 is 0. The van der Waals surface area contributed by atoms with Gasteiger partial charge in [-0.1, -0.05) is 30.7 Å². The third kappa shape index (κ3) is 4.07. The Bertz CT molecular complexity index is 631. The molecule has 1 aliphatic heterocycles. The highest BCUT2D eigenvalue weighted by molar-refractivity contribution is 6.30. The van der Waals surface area contributed by atoms with Crippen molar-refractivity contribution in [1.82, 2.24) is 15.1 Å². The van der Waals surface area contributed by atoms with Crippen molar-refractivity contribution in [3.05, 3.63) is 34.9 Å². The maximum atomic E-state index is 12.5. The number of benzene rings is 1. The molecule has 1 heterocycles. The first kappa shape index (κ1) is 18.0. The molecule has 1 aliphatic carbocycles. The molecule has 2 aliphatic rings. The van der Waals surface area contributed by atoms with E-state index in [4.69, 9.17) is 16.7 Å². The minimum absolute atomic E-state index is 0.0315. The molecule has 2 amide bonds. The molecule has 3 rings (SSSR count). The van der Waals surface area contributed by atoms with Gasteiger partial charge in [0.25, 0.3) is 0 Å². The Morgan fingerprint density at radius 1 is 1.32 bits per heavy atom. The van der Waals surface area contributed by atoms with Crippen molar-refractivity contribution < 1.29 is 14.7 Å². The van der Waals surface area contributed by atoms with E-state index >= 15 is 0 Å². The van der Waals surface area contributed by atoms with E-state index in [-0.39, 0.29) is 30.7 Å². The monoisotopic (exact) mass is 365 g/mol. The van der Waals surface area contributed by atoms with Gasteiger partial charge in [-0.3, -0.25) is 9.69 Å². The van der Waals surface area contributed by atoms with Crippen LogP contribution >= 0.6 is 11.6 Å². The average molecular weight is 366 g/mol. The van der Waals surface area contributed by atoms with E-state index in [1.165, 1.54) is 0 Å². The second-order valence-corrected chi connectivity index (χ2v) is 7.21. The van der Waals surface area contributed by atoms with Crippen LogP contribution < -0.4 is 5.32 Å². The fourth-order valence-electron chi connectivity index (χ4n) is 3.60. The maximum Gasteiger partial charge on any atom is 0.318 e. The van der Waals surface area contributed by atoms with Gasteiger partial charge in [-0.25, -0.2) is 4.79 Å². The predicted octanol–water partition coefficient (Wildman–Crippen LogP) is 2.73. The van der Waals surface area contributed by atoms with Crippen molar-refractivity contribution in [2.75, 3.05) is 19.6 Å². The molecular weight excluding hydrogens is 342 g/mol. The van der Waals surface area contributed by atoms with Crippen molar-refractivity contribution in [2.24, 2.45) is 0 Å². The molecule has 1 unspecified atom stereocenters. The molecule has 1 atom stereocenters. The van der Waals surface area contributed by atoms with Crippen LogP contribution in [0.15, 0.2) is 24.3 Å². The Morgan fingerprint density at radius 3 is 2.52 bits per heavy atom. The molecule has 25 heavy (non-hydrogen) atoms. The maximum absolute atomic E-state index is 12.5. The summed E-state index contributed by atoms with van der Waals surface area (Å²) in [7, 11) is 0. The van der Waals surface area contributed by atoms with Gasteiger partial charge in [-0.2, -0.15) is 0 Å². The predicted molar refractivity (Wildman–Crippen MR) is 95.7 cm³/mol. The van der Waals surface area contributed by atoms with Gasteiger partial charge in [-0.15, -0.1) is 0 Å². The van der Waals surface area contributed by atoms with Crippen LogP contribution in [0.1, 0.15) is 37.8 Å². The van der Waals surface area contributed by atoms with E-state index in [0.29, 0.717) is 11.6 Å². The first-order valence-electron chi connectivity index (χ1n) is 8.76. The highest BCUT2D eigenvalue weighted by atomic mass is 35.5. The van der Waals surface area contributed by atoms with Crippen molar-refractivity contribution in [1.29, 1.82) is 0 Å². The number of nitrogens with one attached hydrogen (secondary N) is 1. The van der Waals surface area contributed by atoms with Crippen molar-refractivity contribution in [3.63, 3.8) is 0 Å². The minimum Gasteiger partial charge on any atom is -0.480 e. The van der Waals surface area contributed by atoms with Gasteiger partial charge in [0.1, 0.15) is 0 Å². The van der Waals surface area contributed by atoms with Crippen LogP contribution in [0.5, 0.6) is 0 Å². The van der Waals surface area contributed by atoms with Gasteiger partial charge in [0.2, 0.25) is 0 Å². The number of likely N-dealkylation sites (N-methyl/N-ethyl adjacent to an activating group) is 1. The largest absolute Gasteiger partial charge is 0.480 e. The Balaban J connectivity index is 1.47. The minimum atomic E-state index is -0.805. The summed E-state index contributed by atoms with van der Waals surface area (Å²) in [5, 5.41) is 12.7. The van der Waals surface area contributed by atoms with Crippen LogP contribution in [0.25, 0.3) is 0 Å². The summed E-state index contributed by atoms with van der Waals surface area (Å²) in [6.45, 7) is 3.50. The van der Waals surface area contributed by atoms with Crippen LogP contribution in [0.2, 0.25) is 5.02 Å². The molecule has 2 fully saturated rings. The lowest BCUT2D eigenvalue weighted by atomic mass is 9.85.